The summed E-state index contributed by atoms with van der Waals surface area (Å²) < 4.78 is 2.18. The highest BCUT2D eigenvalue weighted by Crippen LogP contribution is 2.41. The number of anilines is 1. The molecule has 0 N–H and O–H groups in total. The van der Waals surface area contributed by atoms with E-state index in [1.54, 1.807) is 11.8 Å². The summed E-state index contributed by atoms with van der Waals surface area (Å²) in [6.07, 6.45) is 8.13. The van der Waals surface area contributed by atoms with Crippen molar-refractivity contribution in [2.75, 3.05) is 19.0 Å². The second-order valence-corrected chi connectivity index (χ2v) is 10.2. The normalized spacial score (nSPS) is 13.0. The predicted octanol–water partition coefficient (Wildman–Crippen LogP) is 7.15. The summed E-state index contributed by atoms with van der Waals surface area (Å²) in [6, 6.07) is 19.0. The molecule has 0 fully saturated rings. The van der Waals surface area contributed by atoms with Crippen LogP contribution in [0.25, 0.3) is 5.69 Å². The number of hydrogen-bond donors (Lipinski definition) is 0. The molecule has 1 unspecified atom stereocenters. The highest BCUT2D eigenvalue weighted by atomic mass is 32.2. The molecule has 2 aromatic carbocycles. The average molecular weight is 459 g/mol. The van der Waals surface area contributed by atoms with E-state index in [2.05, 4.69) is 102 Å². The van der Waals surface area contributed by atoms with Crippen LogP contribution in [0, 0.1) is 0 Å². The lowest BCUT2D eigenvalue weighted by Crippen LogP contribution is -2.19. The van der Waals surface area contributed by atoms with Gasteiger partial charge in [-0.2, -0.15) is 0 Å². The van der Waals surface area contributed by atoms with Gasteiger partial charge in [-0.25, -0.2) is 0 Å². The molecule has 1 heterocycles. The molecule has 172 valence electrons. The quantitative estimate of drug-likeness (QED) is 0.265. The molecule has 4 nitrogen and oxygen atoms in total. The molecule has 0 radical (unpaired) electrons. The standard InChI is InChI=1S/C28H34N4S/c1-8-9-11-14-21(2)25(22-15-12-10-13-16-22)33-27-30-29-26(28(3,4)5)32(27)24-19-17-23(18-20-24)31(6)7/h8-20,25H,2H2,1,3-7H3/b9-8-,14-11-. The van der Waals surface area contributed by atoms with Gasteiger partial charge in [-0.1, -0.05) is 93.7 Å². The minimum Gasteiger partial charge on any atom is -0.378 e. The highest BCUT2D eigenvalue weighted by Gasteiger charge is 2.27. The molecule has 1 atom stereocenters. The largest absolute Gasteiger partial charge is 0.378 e. The number of nitrogens with zero attached hydrogens (tertiary/aromatic N) is 4. The number of rotatable bonds is 8. The van der Waals surface area contributed by atoms with Crippen LogP contribution in [0.5, 0.6) is 0 Å². The van der Waals surface area contributed by atoms with E-state index < -0.39 is 0 Å². The van der Waals surface area contributed by atoms with Gasteiger partial charge in [0.05, 0.1) is 5.25 Å². The molecule has 0 aliphatic rings. The average Bonchev–Trinajstić information content (AvgIpc) is 3.22. The molecule has 0 aliphatic heterocycles. The number of aromatic nitrogens is 3. The molecule has 0 aliphatic carbocycles. The fourth-order valence-corrected chi connectivity index (χ4v) is 4.55. The Balaban J connectivity index is 2.08. The van der Waals surface area contributed by atoms with Gasteiger partial charge < -0.3 is 4.90 Å². The molecule has 3 aromatic rings. The van der Waals surface area contributed by atoms with Gasteiger partial charge in [0.25, 0.3) is 0 Å². The van der Waals surface area contributed by atoms with Gasteiger partial charge in [0.15, 0.2) is 5.16 Å². The van der Waals surface area contributed by atoms with Gasteiger partial charge in [-0.15, -0.1) is 10.2 Å². The lowest BCUT2D eigenvalue weighted by atomic mass is 9.95. The maximum atomic E-state index is 4.65. The lowest BCUT2D eigenvalue weighted by Gasteiger charge is -2.22. The molecule has 5 heteroatoms. The zero-order valence-electron chi connectivity index (χ0n) is 20.5. The third-order valence-corrected chi connectivity index (χ3v) is 6.49. The monoisotopic (exact) mass is 458 g/mol. The molecule has 3 rings (SSSR count). The summed E-state index contributed by atoms with van der Waals surface area (Å²) in [5.74, 6) is 0.935. The SMILES string of the molecule is C=C(/C=C\C=C/C)C(Sc1nnc(C(C)(C)C)n1-c1ccc(N(C)C)cc1)c1ccccc1. The van der Waals surface area contributed by atoms with E-state index in [1.165, 1.54) is 5.56 Å². The topological polar surface area (TPSA) is 34.0 Å². The Morgan fingerprint density at radius 1 is 1.00 bits per heavy atom. The minimum atomic E-state index is -0.156. The maximum absolute atomic E-state index is 4.65. The van der Waals surface area contributed by atoms with Crippen molar-refractivity contribution >= 4 is 17.4 Å². The molecule has 33 heavy (non-hydrogen) atoms. The van der Waals surface area contributed by atoms with Crippen LogP contribution < -0.4 is 4.90 Å². The molecule has 0 spiro atoms. The third kappa shape index (κ3) is 6.05. The van der Waals surface area contributed by atoms with Crippen molar-refractivity contribution < 1.29 is 0 Å². The first-order chi connectivity index (χ1) is 15.7. The summed E-state index contributed by atoms with van der Waals surface area (Å²) in [6.45, 7) is 12.9. The van der Waals surface area contributed by atoms with Crippen molar-refractivity contribution in [2.45, 2.75) is 43.5 Å². The summed E-state index contributed by atoms with van der Waals surface area (Å²) in [5.41, 5.74) is 4.26. The Morgan fingerprint density at radius 2 is 1.67 bits per heavy atom. The first-order valence-electron chi connectivity index (χ1n) is 11.2. The Labute approximate surface area is 202 Å². The Bertz CT molecular complexity index is 1120. The van der Waals surface area contributed by atoms with Crippen LogP contribution in [0.2, 0.25) is 0 Å². The number of hydrogen-bond acceptors (Lipinski definition) is 4. The van der Waals surface area contributed by atoms with Crippen LogP contribution in [0.1, 0.15) is 44.3 Å². The number of thioether (sulfide) groups is 1. The molecule has 0 bridgehead atoms. The van der Waals surface area contributed by atoms with Gasteiger partial charge in [0.1, 0.15) is 5.82 Å². The zero-order valence-corrected chi connectivity index (χ0v) is 21.3. The van der Waals surface area contributed by atoms with Crippen molar-refractivity contribution in [1.29, 1.82) is 0 Å². The van der Waals surface area contributed by atoms with Crippen molar-refractivity contribution in [3.05, 3.63) is 102 Å². The molecule has 0 saturated carbocycles. The van der Waals surface area contributed by atoms with Crippen molar-refractivity contribution in [3.63, 3.8) is 0 Å². The Kier molecular flexibility index (Phi) is 7.98. The summed E-state index contributed by atoms with van der Waals surface area (Å²) in [7, 11) is 4.10. The van der Waals surface area contributed by atoms with Crippen LogP contribution in [0.4, 0.5) is 5.69 Å². The summed E-state index contributed by atoms with van der Waals surface area (Å²) >= 11 is 1.68. The van der Waals surface area contributed by atoms with Crippen LogP contribution in [-0.4, -0.2) is 28.9 Å². The smallest absolute Gasteiger partial charge is 0.196 e. The van der Waals surface area contributed by atoms with Crippen LogP contribution >= 0.6 is 11.8 Å². The number of allylic oxidation sites excluding steroid dienone is 4. The van der Waals surface area contributed by atoms with Gasteiger partial charge in [-0.3, -0.25) is 4.57 Å². The molecular formula is C28H34N4S. The third-order valence-electron chi connectivity index (χ3n) is 5.20. The van der Waals surface area contributed by atoms with Gasteiger partial charge in [-0.05, 0) is 42.3 Å². The minimum absolute atomic E-state index is 0.0181. The molecule has 0 saturated heterocycles. The van der Waals surface area contributed by atoms with E-state index in [4.69, 9.17) is 0 Å². The second kappa shape index (κ2) is 10.7. The van der Waals surface area contributed by atoms with E-state index in [-0.39, 0.29) is 10.7 Å². The summed E-state index contributed by atoms with van der Waals surface area (Å²) in [4.78, 5) is 2.10. The van der Waals surface area contributed by atoms with Gasteiger partial charge in [0, 0.05) is 30.9 Å². The Hall–Kier alpha value is -3.05. The van der Waals surface area contributed by atoms with Crippen molar-refractivity contribution in [3.8, 4) is 5.69 Å². The van der Waals surface area contributed by atoms with Gasteiger partial charge in [0.2, 0.25) is 0 Å². The fourth-order valence-electron chi connectivity index (χ4n) is 3.43. The van der Waals surface area contributed by atoms with Crippen molar-refractivity contribution in [1.82, 2.24) is 14.8 Å². The number of benzene rings is 2. The Morgan fingerprint density at radius 3 is 2.24 bits per heavy atom. The van der Waals surface area contributed by atoms with Crippen molar-refractivity contribution in [2.24, 2.45) is 0 Å². The van der Waals surface area contributed by atoms with Crippen LogP contribution in [0.3, 0.4) is 0 Å². The van der Waals surface area contributed by atoms with Gasteiger partial charge >= 0.3 is 0 Å². The molecule has 1 aromatic heterocycles. The predicted molar refractivity (Wildman–Crippen MR) is 143 cm³/mol. The fraction of sp³-hybridized carbons (Fsp3) is 0.286. The van der Waals surface area contributed by atoms with E-state index in [0.29, 0.717) is 0 Å². The van der Waals surface area contributed by atoms with Crippen LogP contribution in [-0.2, 0) is 5.41 Å². The zero-order chi connectivity index (χ0) is 24.0. The van der Waals surface area contributed by atoms with E-state index >= 15 is 0 Å². The summed E-state index contributed by atoms with van der Waals surface area (Å²) in [5, 5.41) is 10.1. The van der Waals surface area contributed by atoms with Crippen LogP contribution in [0.15, 0.2) is 96.2 Å². The van der Waals surface area contributed by atoms with E-state index in [0.717, 1.165) is 27.9 Å². The first-order valence-corrected chi connectivity index (χ1v) is 12.0. The highest BCUT2D eigenvalue weighted by molar-refractivity contribution is 7.99. The van der Waals surface area contributed by atoms with E-state index in [1.807, 2.05) is 45.3 Å². The molecular weight excluding hydrogens is 424 g/mol. The lowest BCUT2D eigenvalue weighted by molar-refractivity contribution is 0.529. The molecule has 0 amide bonds. The first kappa shape index (κ1) is 24.6. The van der Waals surface area contributed by atoms with E-state index in [9.17, 15) is 0 Å². The maximum Gasteiger partial charge on any atom is 0.196 e. The second-order valence-electron chi connectivity index (χ2n) is 9.17.